The Hall–Kier alpha value is -2.07. The SMILES string of the molecule is C[C@H](O)c1cc(F)ccc1OCCCOc1ccccc1. The number of benzene rings is 2. The fraction of sp³-hybridized carbons (Fsp3) is 0.294. The zero-order valence-corrected chi connectivity index (χ0v) is 12.0. The lowest BCUT2D eigenvalue weighted by Gasteiger charge is -2.13. The predicted molar refractivity (Wildman–Crippen MR) is 79.1 cm³/mol. The molecule has 2 aromatic carbocycles. The molecule has 0 unspecified atom stereocenters. The summed E-state index contributed by atoms with van der Waals surface area (Å²) in [6, 6.07) is 13.7. The molecule has 0 aromatic heterocycles. The summed E-state index contributed by atoms with van der Waals surface area (Å²) < 4.78 is 24.3. The maximum Gasteiger partial charge on any atom is 0.125 e. The summed E-state index contributed by atoms with van der Waals surface area (Å²) in [4.78, 5) is 0. The lowest BCUT2D eigenvalue weighted by molar-refractivity contribution is 0.188. The number of aliphatic hydroxyl groups excluding tert-OH is 1. The number of ether oxygens (including phenoxy) is 2. The summed E-state index contributed by atoms with van der Waals surface area (Å²) in [5.41, 5.74) is 0.457. The molecular weight excluding hydrogens is 271 g/mol. The van der Waals surface area contributed by atoms with Gasteiger partial charge in [-0.25, -0.2) is 4.39 Å². The monoisotopic (exact) mass is 290 g/mol. The Bertz CT molecular complexity index is 555. The average Bonchev–Trinajstić information content (AvgIpc) is 2.49. The summed E-state index contributed by atoms with van der Waals surface area (Å²) in [6.45, 7) is 2.56. The largest absolute Gasteiger partial charge is 0.493 e. The van der Waals surface area contributed by atoms with Crippen molar-refractivity contribution in [2.45, 2.75) is 19.4 Å². The van der Waals surface area contributed by atoms with Crippen molar-refractivity contribution >= 4 is 0 Å². The van der Waals surface area contributed by atoms with E-state index >= 15 is 0 Å². The molecule has 0 radical (unpaired) electrons. The molecule has 0 aliphatic carbocycles. The first-order chi connectivity index (χ1) is 10.2. The van der Waals surface area contributed by atoms with Gasteiger partial charge in [-0.3, -0.25) is 0 Å². The van der Waals surface area contributed by atoms with Gasteiger partial charge in [-0.2, -0.15) is 0 Å². The van der Waals surface area contributed by atoms with Gasteiger partial charge in [0.1, 0.15) is 17.3 Å². The Morgan fingerprint density at radius 1 is 1.05 bits per heavy atom. The molecule has 2 rings (SSSR count). The van der Waals surface area contributed by atoms with Crippen molar-refractivity contribution in [3.05, 3.63) is 59.9 Å². The first-order valence-electron chi connectivity index (χ1n) is 6.95. The molecule has 1 atom stereocenters. The van der Waals surface area contributed by atoms with E-state index in [1.54, 1.807) is 6.92 Å². The minimum absolute atomic E-state index is 0.384. The van der Waals surface area contributed by atoms with E-state index in [9.17, 15) is 9.50 Å². The van der Waals surface area contributed by atoms with Crippen molar-refractivity contribution in [1.82, 2.24) is 0 Å². The van der Waals surface area contributed by atoms with Crippen molar-refractivity contribution < 1.29 is 19.0 Å². The third-order valence-corrected chi connectivity index (χ3v) is 2.98. The minimum atomic E-state index is -0.767. The van der Waals surface area contributed by atoms with Crippen molar-refractivity contribution in [3.63, 3.8) is 0 Å². The molecule has 0 aliphatic heterocycles. The van der Waals surface area contributed by atoms with Crippen molar-refractivity contribution in [2.24, 2.45) is 0 Å². The lowest BCUT2D eigenvalue weighted by Crippen LogP contribution is -2.07. The quantitative estimate of drug-likeness (QED) is 0.790. The fourth-order valence-electron chi connectivity index (χ4n) is 1.93. The minimum Gasteiger partial charge on any atom is -0.493 e. The summed E-state index contributed by atoms with van der Waals surface area (Å²) in [5.74, 6) is 0.945. The van der Waals surface area contributed by atoms with Crippen LogP contribution in [0.3, 0.4) is 0 Å². The third kappa shape index (κ3) is 4.76. The highest BCUT2D eigenvalue weighted by Crippen LogP contribution is 2.26. The van der Waals surface area contributed by atoms with Crippen LogP contribution >= 0.6 is 0 Å². The van der Waals surface area contributed by atoms with Gasteiger partial charge in [0.05, 0.1) is 19.3 Å². The smallest absolute Gasteiger partial charge is 0.125 e. The number of hydrogen-bond acceptors (Lipinski definition) is 3. The third-order valence-electron chi connectivity index (χ3n) is 2.98. The zero-order valence-electron chi connectivity index (χ0n) is 12.0. The average molecular weight is 290 g/mol. The molecular formula is C17H19FO3. The molecule has 0 fully saturated rings. The zero-order chi connectivity index (χ0) is 15.1. The van der Waals surface area contributed by atoms with Crippen LogP contribution in [0.4, 0.5) is 4.39 Å². The molecule has 112 valence electrons. The summed E-state index contributed by atoms with van der Waals surface area (Å²) in [7, 11) is 0. The standard InChI is InChI=1S/C17H19FO3/c1-13(19)16-12-14(18)8-9-17(16)21-11-5-10-20-15-6-3-2-4-7-15/h2-4,6-9,12-13,19H,5,10-11H2,1H3/t13-/m0/s1. The van der Waals surface area contributed by atoms with Crippen LogP contribution in [-0.4, -0.2) is 18.3 Å². The molecule has 0 saturated carbocycles. The molecule has 0 heterocycles. The van der Waals surface area contributed by atoms with Gasteiger partial charge in [0, 0.05) is 12.0 Å². The van der Waals surface area contributed by atoms with Gasteiger partial charge in [-0.05, 0) is 37.3 Å². The molecule has 0 aliphatic rings. The molecule has 21 heavy (non-hydrogen) atoms. The van der Waals surface area contributed by atoms with Crippen LogP contribution in [0.5, 0.6) is 11.5 Å². The van der Waals surface area contributed by atoms with Crippen LogP contribution in [0, 0.1) is 5.82 Å². The highest BCUT2D eigenvalue weighted by molar-refractivity contribution is 5.35. The van der Waals surface area contributed by atoms with Gasteiger partial charge in [-0.1, -0.05) is 18.2 Å². The molecule has 4 heteroatoms. The Kier molecular flexibility index (Phi) is 5.58. The van der Waals surface area contributed by atoms with Gasteiger partial charge < -0.3 is 14.6 Å². The molecule has 1 N–H and O–H groups in total. The summed E-state index contributed by atoms with van der Waals surface area (Å²) in [5, 5.41) is 9.61. The Balaban J connectivity index is 1.78. The van der Waals surface area contributed by atoms with Crippen LogP contribution in [0.2, 0.25) is 0 Å². The number of aliphatic hydroxyl groups is 1. The Morgan fingerprint density at radius 2 is 1.76 bits per heavy atom. The first-order valence-corrected chi connectivity index (χ1v) is 6.95. The highest BCUT2D eigenvalue weighted by Gasteiger charge is 2.10. The Labute approximate surface area is 124 Å². The van der Waals surface area contributed by atoms with Crippen molar-refractivity contribution in [3.8, 4) is 11.5 Å². The second kappa shape index (κ2) is 7.64. The normalized spacial score (nSPS) is 12.0. The van der Waals surface area contributed by atoms with E-state index in [-0.39, 0.29) is 5.82 Å². The highest BCUT2D eigenvalue weighted by atomic mass is 19.1. The van der Waals surface area contributed by atoms with Crippen molar-refractivity contribution in [2.75, 3.05) is 13.2 Å². The van der Waals surface area contributed by atoms with Gasteiger partial charge in [0.15, 0.2) is 0 Å². The van der Waals surface area contributed by atoms with Crippen LogP contribution in [-0.2, 0) is 0 Å². The number of para-hydroxylation sites is 1. The molecule has 0 amide bonds. The summed E-state index contributed by atoms with van der Waals surface area (Å²) >= 11 is 0. The van der Waals surface area contributed by atoms with Gasteiger partial charge in [0.2, 0.25) is 0 Å². The van der Waals surface area contributed by atoms with E-state index in [1.807, 2.05) is 30.3 Å². The van der Waals surface area contributed by atoms with Crippen LogP contribution in [0.25, 0.3) is 0 Å². The number of halogens is 1. The lowest BCUT2D eigenvalue weighted by atomic mass is 10.1. The van der Waals surface area contributed by atoms with E-state index in [0.29, 0.717) is 30.9 Å². The van der Waals surface area contributed by atoms with E-state index in [1.165, 1.54) is 18.2 Å². The topological polar surface area (TPSA) is 38.7 Å². The Morgan fingerprint density at radius 3 is 2.48 bits per heavy atom. The molecule has 3 nitrogen and oxygen atoms in total. The molecule has 2 aromatic rings. The van der Waals surface area contributed by atoms with Gasteiger partial charge >= 0.3 is 0 Å². The predicted octanol–water partition coefficient (Wildman–Crippen LogP) is 3.73. The maximum absolute atomic E-state index is 13.2. The molecule has 0 saturated heterocycles. The maximum atomic E-state index is 13.2. The van der Waals surface area contributed by atoms with E-state index in [2.05, 4.69) is 0 Å². The van der Waals surface area contributed by atoms with Crippen LogP contribution in [0.1, 0.15) is 25.0 Å². The van der Waals surface area contributed by atoms with Crippen LogP contribution < -0.4 is 9.47 Å². The molecule has 0 bridgehead atoms. The fourth-order valence-corrected chi connectivity index (χ4v) is 1.93. The van der Waals surface area contributed by atoms with E-state index in [0.717, 1.165) is 5.75 Å². The first kappa shape index (κ1) is 15.3. The van der Waals surface area contributed by atoms with Crippen LogP contribution in [0.15, 0.2) is 48.5 Å². The van der Waals surface area contributed by atoms with E-state index < -0.39 is 6.10 Å². The van der Waals surface area contributed by atoms with Gasteiger partial charge in [-0.15, -0.1) is 0 Å². The number of hydrogen-bond donors (Lipinski definition) is 1. The van der Waals surface area contributed by atoms with Gasteiger partial charge in [0.25, 0.3) is 0 Å². The summed E-state index contributed by atoms with van der Waals surface area (Å²) in [6.07, 6.45) is -0.0674. The van der Waals surface area contributed by atoms with Crippen molar-refractivity contribution in [1.29, 1.82) is 0 Å². The second-order valence-electron chi connectivity index (χ2n) is 4.72. The number of rotatable bonds is 7. The second-order valence-corrected chi connectivity index (χ2v) is 4.72. The van der Waals surface area contributed by atoms with E-state index in [4.69, 9.17) is 9.47 Å². The molecule has 0 spiro atoms.